The summed E-state index contributed by atoms with van der Waals surface area (Å²) in [4.78, 5) is 11.6. The number of allylic oxidation sites excluding steroid dienone is 5. The lowest BCUT2D eigenvalue weighted by Gasteiger charge is -2.33. The van der Waals surface area contributed by atoms with Crippen molar-refractivity contribution in [2.75, 3.05) is 32.0 Å². The number of nitrogens with zero attached hydrogens (tertiary/aromatic N) is 4. The van der Waals surface area contributed by atoms with Crippen molar-refractivity contribution >= 4 is 11.9 Å². The molecule has 0 aromatic carbocycles. The first-order valence-electron chi connectivity index (χ1n) is 14.5. The molecule has 1 saturated heterocycles. The fourth-order valence-corrected chi connectivity index (χ4v) is 5.13. The monoisotopic (exact) mass is 539 g/mol. The number of nitrogens with one attached hydrogen (secondary N) is 1. The van der Waals surface area contributed by atoms with Crippen molar-refractivity contribution in [1.29, 1.82) is 5.26 Å². The summed E-state index contributed by atoms with van der Waals surface area (Å²) < 4.78 is 0. The summed E-state index contributed by atoms with van der Waals surface area (Å²) in [5, 5.41) is 12.6. The second-order valence-electron chi connectivity index (χ2n) is 10.9. The third-order valence-electron chi connectivity index (χ3n) is 7.65. The second kappa shape index (κ2) is 15.3. The van der Waals surface area contributed by atoms with Crippen molar-refractivity contribution in [2.24, 2.45) is 11.3 Å². The molecule has 214 valence electrons. The van der Waals surface area contributed by atoms with Crippen LogP contribution in [0.1, 0.15) is 72.6 Å². The van der Waals surface area contributed by atoms with Crippen molar-refractivity contribution in [3.05, 3.63) is 82.9 Å². The van der Waals surface area contributed by atoms with E-state index in [9.17, 15) is 5.26 Å². The lowest BCUT2D eigenvalue weighted by Crippen LogP contribution is -2.35. The quantitative estimate of drug-likeness (QED) is 0.323. The molecule has 0 atom stereocenters. The first-order valence-corrected chi connectivity index (χ1v) is 14.5. The zero-order valence-corrected chi connectivity index (χ0v) is 26.2. The van der Waals surface area contributed by atoms with E-state index in [1.165, 1.54) is 16.7 Å². The van der Waals surface area contributed by atoms with E-state index < -0.39 is 5.41 Å². The third-order valence-corrected chi connectivity index (χ3v) is 7.65. The molecule has 3 rings (SSSR count). The summed E-state index contributed by atoms with van der Waals surface area (Å²) in [5.41, 5.74) is 8.71. The first-order chi connectivity index (χ1) is 19.1. The molecular weight excluding hydrogens is 490 g/mol. The van der Waals surface area contributed by atoms with Gasteiger partial charge in [-0.25, -0.2) is 4.98 Å². The topological polar surface area (TPSA) is 64.8 Å². The Kier molecular flexibility index (Phi) is 12.5. The number of likely N-dealkylation sites (tertiary alicyclic amines) is 1. The highest BCUT2D eigenvalue weighted by atomic mass is 15.1. The van der Waals surface area contributed by atoms with Gasteiger partial charge in [-0.1, -0.05) is 44.2 Å². The Hall–Kier alpha value is -3.49. The molecule has 1 aliphatic rings. The fourth-order valence-electron chi connectivity index (χ4n) is 5.13. The lowest BCUT2D eigenvalue weighted by molar-refractivity contribution is 0.214. The Morgan fingerprint density at radius 1 is 1.18 bits per heavy atom. The molecule has 1 aliphatic heterocycles. The van der Waals surface area contributed by atoms with Crippen LogP contribution in [0.25, 0.3) is 17.2 Å². The van der Waals surface area contributed by atoms with Crippen LogP contribution in [0.15, 0.2) is 71.6 Å². The minimum atomic E-state index is -0.497. The highest BCUT2D eigenvalue weighted by molar-refractivity contribution is 5.77. The van der Waals surface area contributed by atoms with Gasteiger partial charge in [-0.2, -0.15) is 5.26 Å². The summed E-state index contributed by atoms with van der Waals surface area (Å²) in [6.07, 6.45) is 12.5. The Balaban J connectivity index is 0.00000274. The molecule has 5 heteroatoms. The minimum absolute atomic E-state index is 0.482. The molecule has 1 N–H and O–H groups in total. The van der Waals surface area contributed by atoms with Gasteiger partial charge < -0.3 is 5.32 Å². The van der Waals surface area contributed by atoms with Crippen molar-refractivity contribution in [1.82, 2.24) is 14.9 Å². The van der Waals surface area contributed by atoms with Crippen LogP contribution in [0.4, 0.5) is 5.82 Å². The van der Waals surface area contributed by atoms with E-state index in [2.05, 4.69) is 77.9 Å². The third kappa shape index (κ3) is 8.50. The maximum absolute atomic E-state index is 9.54. The van der Waals surface area contributed by atoms with Crippen molar-refractivity contribution in [3.63, 3.8) is 0 Å². The molecule has 0 amide bonds. The van der Waals surface area contributed by atoms with Gasteiger partial charge in [0.25, 0.3) is 0 Å². The van der Waals surface area contributed by atoms with Crippen LogP contribution in [0.2, 0.25) is 0 Å². The van der Waals surface area contributed by atoms with E-state index in [1.807, 2.05) is 66.2 Å². The molecule has 0 spiro atoms. The molecule has 1 fully saturated rings. The van der Waals surface area contributed by atoms with Gasteiger partial charge in [0, 0.05) is 42.8 Å². The van der Waals surface area contributed by atoms with Gasteiger partial charge >= 0.3 is 0 Å². The maximum Gasteiger partial charge on any atom is 0.125 e. The maximum atomic E-state index is 9.54. The molecule has 2 aromatic heterocycles. The highest BCUT2D eigenvalue weighted by Gasteiger charge is 2.24. The normalized spacial score (nSPS) is 15.7. The summed E-state index contributed by atoms with van der Waals surface area (Å²) in [7, 11) is 1.88. The van der Waals surface area contributed by atoms with Gasteiger partial charge in [0.05, 0.1) is 11.5 Å². The summed E-state index contributed by atoms with van der Waals surface area (Å²) in [6.45, 7) is 23.9. The molecule has 2 aromatic rings. The average Bonchev–Trinajstić information content (AvgIpc) is 2.97. The largest absolute Gasteiger partial charge is 0.373 e. The smallest absolute Gasteiger partial charge is 0.125 e. The van der Waals surface area contributed by atoms with Crippen molar-refractivity contribution in [3.8, 4) is 17.2 Å². The van der Waals surface area contributed by atoms with Crippen LogP contribution in [-0.2, 0) is 0 Å². The van der Waals surface area contributed by atoms with Crippen molar-refractivity contribution in [2.45, 2.75) is 68.2 Å². The number of anilines is 1. The van der Waals surface area contributed by atoms with Crippen LogP contribution in [0, 0.1) is 29.6 Å². The fraction of sp³-hybridized carbons (Fsp3) is 0.457. The second-order valence-corrected chi connectivity index (χ2v) is 10.9. The van der Waals surface area contributed by atoms with Crippen molar-refractivity contribution < 1.29 is 0 Å². The van der Waals surface area contributed by atoms with Crippen LogP contribution >= 0.6 is 0 Å². The molecule has 5 nitrogen and oxygen atoms in total. The molecule has 40 heavy (non-hydrogen) atoms. The van der Waals surface area contributed by atoms with E-state index in [0.29, 0.717) is 5.92 Å². The summed E-state index contributed by atoms with van der Waals surface area (Å²) in [5.74, 6) is 1.34. The van der Waals surface area contributed by atoms with Crippen LogP contribution < -0.4 is 5.32 Å². The Bertz CT molecular complexity index is 1260. The number of nitriles is 1. The van der Waals surface area contributed by atoms with Gasteiger partial charge in [-0.3, -0.25) is 9.88 Å². The molecule has 3 heterocycles. The Morgan fingerprint density at radius 2 is 1.85 bits per heavy atom. The van der Waals surface area contributed by atoms with Gasteiger partial charge in [-0.15, -0.1) is 0 Å². The SMILES string of the molecule is C=C(/C(C)=C\C(=C/C)C(C)(C)C#N)C1CCN(C/C(C)=C/c2c(-c3ccc(NC)nc3)ccnc2C)CC1.CC. The van der Waals surface area contributed by atoms with E-state index >= 15 is 0 Å². The lowest BCUT2D eigenvalue weighted by atomic mass is 9.81. The van der Waals surface area contributed by atoms with Gasteiger partial charge in [0.2, 0.25) is 0 Å². The average molecular weight is 540 g/mol. The summed E-state index contributed by atoms with van der Waals surface area (Å²) >= 11 is 0. The molecule has 0 radical (unpaired) electrons. The highest BCUT2D eigenvalue weighted by Crippen LogP contribution is 2.33. The minimum Gasteiger partial charge on any atom is -0.373 e. The van der Waals surface area contributed by atoms with Gasteiger partial charge in [-0.05, 0) is 114 Å². The predicted molar refractivity (Wildman–Crippen MR) is 172 cm³/mol. The number of hydrogen-bond donors (Lipinski definition) is 1. The van der Waals surface area contributed by atoms with E-state index in [-0.39, 0.29) is 0 Å². The zero-order chi connectivity index (χ0) is 29.9. The van der Waals surface area contributed by atoms with Gasteiger partial charge in [0.1, 0.15) is 5.82 Å². The number of hydrogen-bond acceptors (Lipinski definition) is 5. The number of pyridine rings is 2. The zero-order valence-electron chi connectivity index (χ0n) is 26.2. The first kappa shape index (κ1) is 32.7. The van der Waals surface area contributed by atoms with E-state index in [4.69, 9.17) is 0 Å². The summed E-state index contributed by atoms with van der Waals surface area (Å²) in [6, 6.07) is 8.60. The number of piperidine rings is 1. The van der Waals surface area contributed by atoms with E-state index in [1.54, 1.807) is 0 Å². The number of aromatic nitrogens is 2. The van der Waals surface area contributed by atoms with E-state index in [0.717, 1.165) is 66.3 Å². The van der Waals surface area contributed by atoms with Crippen LogP contribution in [0.5, 0.6) is 0 Å². The predicted octanol–water partition coefficient (Wildman–Crippen LogP) is 8.63. The molecule has 0 saturated carbocycles. The Labute approximate surface area is 243 Å². The molecular formula is C35H49N5. The van der Waals surface area contributed by atoms with Crippen LogP contribution in [0.3, 0.4) is 0 Å². The number of aryl methyl sites for hydroxylation is 1. The van der Waals surface area contributed by atoms with Crippen LogP contribution in [-0.4, -0.2) is 41.5 Å². The standard InChI is InChI=1S/C33H43N5.C2H6/c1-9-29(33(6,7)22-34)19-24(3)25(4)27-13-16-38(17-14-27)21-23(2)18-31-26(5)36-15-12-30(31)28-10-11-32(35-8)37-20-28;1-2/h9-12,15,18-20,27H,4,13-14,16-17,21H2,1-3,5-8H3,(H,35,37);1-2H3/b23-18+,24-19-,29-9+;. The molecule has 0 bridgehead atoms. The molecule has 0 aliphatic carbocycles. The number of rotatable bonds is 9. The van der Waals surface area contributed by atoms with Gasteiger partial charge in [0.15, 0.2) is 0 Å². The molecule has 0 unspecified atom stereocenters. The Morgan fingerprint density at radius 3 is 2.40 bits per heavy atom.